The first-order valence-electron chi connectivity index (χ1n) is 5.74. The van der Waals surface area contributed by atoms with Crippen LogP contribution in [0.15, 0.2) is 18.2 Å². The Hall–Kier alpha value is -1.68. The number of hydrogen-bond donors (Lipinski definition) is 1. The molecule has 1 aliphatic rings. The van der Waals surface area contributed by atoms with Crippen molar-refractivity contribution in [3.63, 3.8) is 0 Å². The van der Waals surface area contributed by atoms with Gasteiger partial charge in [-0.3, -0.25) is 0 Å². The minimum atomic E-state index is 0.197. The SMILES string of the molecule is Cc1cc(C2CN(C)CCO2)ccc1N.O=C=O. The third-order valence-corrected chi connectivity index (χ3v) is 2.94. The van der Waals surface area contributed by atoms with Crippen LogP contribution in [0.25, 0.3) is 0 Å². The quantitative estimate of drug-likeness (QED) is 0.753. The molecule has 2 rings (SSSR count). The molecule has 1 unspecified atom stereocenters. The van der Waals surface area contributed by atoms with E-state index < -0.39 is 0 Å². The summed E-state index contributed by atoms with van der Waals surface area (Å²) < 4.78 is 5.75. The van der Waals surface area contributed by atoms with Crippen LogP contribution in [0.1, 0.15) is 17.2 Å². The summed E-state index contributed by atoms with van der Waals surface area (Å²) in [6.07, 6.45) is 0.447. The summed E-state index contributed by atoms with van der Waals surface area (Å²) in [6.45, 7) is 4.82. The summed E-state index contributed by atoms with van der Waals surface area (Å²) in [6, 6.07) is 6.15. The Labute approximate surface area is 107 Å². The number of carbonyl (C=O) groups excluding carboxylic acids is 2. The maximum atomic E-state index is 8.12. The topological polar surface area (TPSA) is 72.6 Å². The van der Waals surface area contributed by atoms with Crippen LogP contribution >= 0.6 is 0 Å². The lowest BCUT2D eigenvalue weighted by atomic mass is 10.0. The molecule has 0 saturated carbocycles. The molecule has 1 fully saturated rings. The van der Waals surface area contributed by atoms with Crippen LogP contribution in [0.5, 0.6) is 0 Å². The zero-order valence-corrected chi connectivity index (χ0v) is 10.7. The molecular weight excluding hydrogens is 232 g/mol. The van der Waals surface area contributed by atoms with Crippen LogP contribution in [-0.2, 0) is 14.3 Å². The Morgan fingerprint density at radius 3 is 2.67 bits per heavy atom. The van der Waals surface area contributed by atoms with Crippen molar-refractivity contribution in [1.82, 2.24) is 4.90 Å². The molecule has 1 heterocycles. The number of benzene rings is 1. The van der Waals surface area contributed by atoms with Crippen molar-refractivity contribution in [2.24, 2.45) is 0 Å². The molecule has 5 heteroatoms. The normalized spacial score (nSPS) is 19.6. The molecular formula is C13H18N2O3. The molecule has 0 aromatic heterocycles. The number of aryl methyl sites for hydroxylation is 1. The summed E-state index contributed by atoms with van der Waals surface area (Å²) in [5.74, 6) is 0. The molecule has 0 radical (unpaired) electrons. The van der Waals surface area contributed by atoms with Crippen LogP contribution in [0.4, 0.5) is 5.69 Å². The van der Waals surface area contributed by atoms with E-state index in [2.05, 4.69) is 24.1 Å². The molecule has 1 aromatic carbocycles. The Morgan fingerprint density at radius 2 is 2.11 bits per heavy atom. The van der Waals surface area contributed by atoms with E-state index in [-0.39, 0.29) is 12.3 Å². The van der Waals surface area contributed by atoms with E-state index >= 15 is 0 Å². The predicted molar refractivity (Wildman–Crippen MR) is 66.8 cm³/mol. The number of hydrogen-bond acceptors (Lipinski definition) is 5. The second kappa shape index (κ2) is 6.91. The molecule has 0 aliphatic carbocycles. The van der Waals surface area contributed by atoms with Crippen LogP contribution in [-0.4, -0.2) is 37.8 Å². The first-order valence-corrected chi connectivity index (χ1v) is 5.74. The third kappa shape index (κ3) is 3.96. The Balaban J connectivity index is 0.000000492. The summed E-state index contributed by atoms with van der Waals surface area (Å²) in [5, 5.41) is 0. The molecule has 0 spiro atoms. The number of ether oxygens (including phenoxy) is 1. The number of morpholine rings is 1. The van der Waals surface area contributed by atoms with Gasteiger partial charge in [0.05, 0.1) is 12.7 Å². The van der Waals surface area contributed by atoms with Crippen LogP contribution in [0, 0.1) is 6.92 Å². The maximum absolute atomic E-state index is 8.12. The molecule has 1 aliphatic heterocycles. The number of likely N-dealkylation sites (N-methyl/N-ethyl adjacent to an activating group) is 1. The zero-order chi connectivity index (χ0) is 13.5. The fourth-order valence-corrected chi connectivity index (χ4v) is 1.88. The average molecular weight is 250 g/mol. The van der Waals surface area contributed by atoms with Gasteiger partial charge in [-0.05, 0) is 31.2 Å². The average Bonchev–Trinajstić information content (AvgIpc) is 2.34. The smallest absolute Gasteiger partial charge is 0.373 e. The van der Waals surface area contributed by atoms with Gasteiger partial charge in [-0.1, -0.05) is 12.1 Å². The lowest BCUT2D eigenvalue weighted by Crippen LogP contribution is -2.35. The van der Waals surface area contributed by atoms with Gasteiger partial charge in [0.1, 0.15) is 0 Å². The number of anilines is 1. The van der Waals surface area contributed by atoms with E-state index in [1.807, 2.05) is 13.0 Å². The number of nitrogen functional groups attached to an aromatic ring is 1. The van der Waals surface area contributed by atoms with Gasteiger partial charge in [-0.15, -0.1) is 0 Å². The largest absolute Gasteiger partial charge is 0.399 e. The molecule has 98 valence electrons. The van der Waals surface area contributed by atoms with Crippen molar-refractivity contribution < 1.29 is 14.3 Å². The first kappa shape index (κ1) is 14.4. The van der Waals surface area contributed by atoms with Crippen molar-refractivity contribution in [1.29, 1.82) is 0 Å². The van der Waals surface area contributed by atoms with E-state index in [0.717, 1.165) is 30.9 Å². The van der Waals surface area contributed by atoms with Gasteiger partial charge >= 0.3 is 6.15 Å². The van der Waals surface area contributed by atoms with Gasteiger partial charge in [0.15, 0.2) is 0 Å². The number of rotatable bonds is 1. The van der Waals surface area contributed by atoms with Crippen LogP contribution < -0.4 is 5.73 Å². The molecule has 1 aromatic rings. The highest BCUT2D eigenvalue weighted by Gasteiger charge is 2.19. The zero-order valence-electron chi connectivity index (χ0n) is 10.7. The fraction of sp³-hybridized carbons (Fsp3) is 0.462. The number of nitrogens with zero attached hydrogens (tertiary/aromatic N) is 1. The predicted octanol–water partition coefficient (Wildman–Crippen LogP) is 0.997. The minimum absolute atomic E-state index is 0.197. The van der Waals surface area contributed by atoms with Crippen molar-refractivity contribution in [2.45, 2.75) is 13.0 Å². The van der Waals surface area contributed by atoms with Crippen LogP contribution in [0.2, 0.25) is 0 Å². The summed E-state index contributed by atoms with van der Waals surface area (Å²) in [7, 11) is 2.12. The minimum Gasteiger partial charge on any atom is -0.399 e. The van der Waals surface area contributed by atoms with Gasteiger partial charge < -0.3 is 15.4 Å². The van der Waals surface area contributed by atoms with E-state index in [4.69, 9.17) is 20.1 Å². The summed E-state index contributed by atoms with van der Waals surface area (Å²) in [4.78, 5) is 18.5. The highest BCUT2D eigenvalue weighted by molar-refractivity contribution is 5.48. The highest BCUT2D eigenvalue weighted by Crippen LogP contribution is 2.24. The van der Waals surface area contributed by atoms with Gasteiger partial charge in [0.25, 0.3) is 0 Å². The van der Waals surface area contributed by atoms with E-state index in [1.54, 1.807) is 0 Å². The number of nitrogens with two attached hydrogens (primary N) is 1. The molecule has 0 bridgehead atoms. The summed E-state index contributed by atoms with van der Waals surface area (Å²) in [5.41, 5.74) is 9.00. The van der Waals surface area contributed by atoms with Gasteiger partial charge in [0, 0.05) is 18.8 Å². The van der Waals surface area contributed by atoms with E-state index in [0.29, 0.717) is 0 Å². The lowest BCUT2D eigenvalue weighted by Gasteiger charge is -2.30. The van der Waals surface area contributed by atoms with Crippen molar-refractivity contribution in [3.8, 4) is 0 Å². The molecule has 5 nitrogen and oxygen atoms in total. The highest BCUT2D eigenvalue weighted by atomic mass is 16.5. The van der Waals surface area contributed by atoms with E-state index in [9.17, 15) is 0 Å². The Morgan fingerprint density at radius 1 is 1.44 bits per heavy atom. The van der Waals surface area contributed by atoms with Gasteiger partial charge in [-0.25, -0.2) is 0 Å². The van der Waals surface area contributed by atoms with Crippen molar-refractivity contribution >= 4 is 11.8 Å². The van der Waals surface area contributed by atoms with E-state index in [1.165, 1.54) is 5.56 Å². The fourth-order valence-electron chi connectivity index (χ4n) is 1.88. The standard InChI is InChI=1S/C12H18N2O.CO2/c1-9-7-10(3-4-11(9)13)12-8-14(2)5-6-15-12;2-1-3/h3-4,7,12H,5-6,8,13H2,1-2H3;. The monoisotopic (exact) mass is 250 g/mol. The molecule has 1 atom stereocenters. The second-order valence-electron chi connectivity index (χ2n) is 4.32. The molecule has 2 N–H and O–H groups in total. The maximum Gasteiger partial charge on any atom is 0.373 e. The Kier molecular flexibility index (Phi) is 5.52. The first-order chi connectivity index (χ1) is 8.58. The molecule has 0 amide bonds. The van der Waals surface area contributed by atoms with Crippen molar-refractivity contribution in [3.05, 3.63) is 29.3 Å². The summed E-state index contributed by atoms with van der Waals surface area (Å²) >= 11 is 0. The Bertz CT molecular complexity index is 428. The van der Waals surface area contributed by atoms with Crippen LogP contribution in [0.3, 0.4) is 0 Å². The second-order valence-corrected chi connectivity index (χ2v) is 4.32. The van der Waals surface area contributed by atoms with Gasteiger partial charge in [0.2, 0.25) is 0 Å². The molecule has 1 saturated heterocycles. The van der Waals surface area contributed by atoms with Gasteiger partial charge in [-0.2, -0.15) is 9.59 Å². The van der Waals surface area contributed by atoms with Crippen molar-refractivity contribution in [2.75, 3.05) is 32.5 Å². The molecule has 18 heavy (non-hydrogen) atoms. The lowest BCUT2D eigenvalue weighted by molar-refractivity contribution is -0.191. The third-order valence-electron chi connectivity index (χ3n) is 2.94.